The highest BCUT2D eigenvalue weighted by atomic mass is 32.1. The molecule has 43 heavy (non-hydrogen) atoms. The first kappa shape index (κ1) is 29.6. The lowest BCUT2D eigenvalue weighted by molar-refractivity contribution is -0.384. The number of nitro groups is 1. The summed E-state index contributed by atoms with van der Waals surface area (Å²) in [6, 6.07) is 14.8. The van der Waals surface area contributed by atoms with Crippen molar-refractivity contribution in [3.05, 3.63) is 105 Å². The van der Waals surface area contributed by atoms with Crippen LogP contribution in [-0.2, 0) is 22.4 Å². The van der Waals surface area contributed by atoms with Crippen molar-refractivity contribution in [3.8, 4) is 11.8 Å². The number of amides is 1. The molecule has 0 spiro atoms. The number of rotatable bonds is 7. The molecule has 12 heteroatoms. The van der Waals surface area contributed by atoms with Crippen molar-refractivity contribution in [1.29, 1.82) is 5.26 Å². The predicted molar refractivity (Wildman–Crippen MR) is 165 cm³/mol. The van der Waals surface area contributed by atoms with Gasteiger partial charge in [0.05, 0.1) is 27.3 Å². The van der Waals surface area contributed by atoms with Crippen molar-refractivity contribution >= 4 is 56.9 Å². The number of carbonyl (C=O) groups excluding carboxylic acids is 2. The lowest BCUT2D eigenvalue weighted by atomic mass is 9.95. The van der Waals surface area contributed by atoms with Gasteiger partial charge in [-0.2, -0.15) is 5.26 Å². The van der Waals surface area contributed by atoms with E-state index < -0.39 is 22.4 Å². The van der Waals surface area contributed by atoms with Crippen molar-refractivity contribution in [2.45, 2.75) is 39.5 Å². The minimum atomic E-state index is -0.754. The summed E-state index contributed by atoms with van der Waals surface area (Å²) < 4.78 is 6.94. The standard InChI is InChI=1S/C31H26N4O6S2/c1-3-41-31(38)26-22-6-4-5-7-24(22)42-28(26)33-27(36)23(17-32)30-34(20-12-8-18(2)9-13-20)29(37)25(43-30)16-19-10-14-21(15-11-19)35(39)40/h8-16H,3-7H2,1-2H3,(H,33,36)/b25-16+,30-23+. The normalized spacial score (nSPS) is 13.6. The van der Waals surface area contributed by atoms with Crippen molar-refractivity contribution < 1.29 is 19.2 Å². The Hall–Kier alpha value is -4.86. The molecule has 4 aromatic rings. The Labute approximate surface area is 254 Å². The number of benzene rings is 2. The Morgan fingerprint density at radius 3 is 2.47 bits per heavy atom. The Morgan fingerprint density at radius 2 is 1.81 bits per heavy atom. The molecule has 0 aliphatic heterocycles. The number of nitrogens with one attached hydrogen (secondary N) is 1. The average molecular weight is 615 g/mol. The fourth-order valence-corrected chi connectivity index (χ4v) is 7.23. The van der Waals surface area contributed by atoms with Crippen LogP contribution in [0, 0.1) is 28.4 Å². The highest BCUT2D eigenvalue weighted by Crippen LogP contribution is 2.38. The number of non-ortho nitro benzene ring substituents is 1. The third-order valence-corrected chi connectivity index (χ3v) is 9.25. The molecule has 2 aromatic heterocycles. The second-order valence-electron chi connectivity index (χ2n) is 9.82. The Kier molecular flexibility index (Phi) is 8.66. The van der Waals surface area contributed by atoms with Crippen LogP contribution in [0.2, 0.25) is 0 Å². The van der Waals surface area contributed by atoms with E-state index in [0.717, 1.165) is 46.6 Å². The number of thiazole rings is 1. The van der Waals surface area contributed by atoms with Gasteiger partial charge in [0.2, 0.25) is 0 Å². The van der Waals surface area contributed by atoms with E-state index in [4.69, 9.17) is 4.74 Å². The van der Waals surface area contributed by atoms with Crippen LogP contribution >= 0.6 is 22.7 Å². The molecule has 0 bridgehead atoms. The zero-order chi connectivity index (χ0) is 30.7. The second kappa shape index (κ2) is 12.6. The van der Waals surface area contributed by atoms with Gasteiger partial charge < -0.3 is 10.1 Å². The maximum absolute atomic E-state index is 13.7. The first-order valence-corrected chi connectivity index (χ1v) is 15.2. The van der Waals surface area contributed by atoms with E-state index >= 15 is 0 Å². The van der Waals surface area contributed by atoms with E-state index in [2.05, 4.69) is 5.32 Å². The number of aryl methyl sites for hydroxylation is 2. The van der Waals surface area contributed by atoms with Crippen molar-refractivity contribution in [2.75, 3.05) is 11.9 Å². The lowest BCUT2D eigenvalue weighted by Crippen LogP contribution is -2.32. The van der Waals surface area contributed by atoms with Gasteiger partial charge in [0.25, 0.3) is 17.2 Å². The zero-order valence-electron chi connectivity index (χ0n) is 23.3. The van der Waals surface area contributed by atoms with Gasteiger partial charge in [-0.1, -0.05) is 17.7 Å². The van der Waals surface area contributed by atoms with E-state index in [9.17, 15) is 29.8 Å². The van der Waals surface area contributed by atoms with Crippen LogP contribution < -0.4 is 20.1 Å². The number of thiophene rings is 1. The molecule has 2 aromatic carbocycles. The molecule has 1 aliphatic carbocycles. The van der Waals surface area contributed by atoms with Gasteiger partial charge >= 0.3 is 5.97 Å². The molecule has 0 unspecified atom stereocenters. The summed E-state index contributed by atoms with van der Waals surface area (Å²) in [4.78, 5) is 51.9. The summed E-state index contributed by atoms with van der Waals surface area (Å²) in [5.41, 5.74) is 2.31. The topological polar surface area (TPSA) is 144 Å². The summed E-state index contributed by atoms with van der Waals surface area (Å²) in [7, 11) is 0. The summed E-state index contributed by atoms with van der Waals surface area (Å²) in [6.45, 7) is 3.79. The van der Waals surface area contributed by atoms with Gasteiger partial charge in [-0.15, -0.1) is 22.7 Å². The van der Waals surface area contributed by atoms with Gasteiger partial charge in [0.15, 0.2) is 5.57 Å². The van der Waals surface area contributed by atoms with Gasteiger partial charge in [-0.3, -0.25) is 24.3 Å². The molecule has 0 fully saturated rings. The molecule has 218 valence electrons. The molecule has 0 radical (unpaired) electrons. The van der Waals surface area contributed by atoms with E-state index in [0.29, 0.717) is 28.2 Å². The van der Waals surface area contributed by atoms with E-state index in [1.165, 1.54) is 40.2 Å². The summed E-state index contributed by atoms with van der Waals surface area (Å²) in [5, 5.41) is 24.4. The molecular formula is C31H26N4O6S2. The maximum Gasteiger partial charge on any atom is 0.341 e. The van der Waals surface area contributed by atoms with E-state index in [1.807, 2.05) is 25.1 Å². The second-order valence-corrected chi connectivity index (χ2v) is 12.0. The minimum absolute atomic E-state index is 0.0877. The van der Waals surface area contributed by atoms with Gasteiger partial charge in [-0.05, 0) is 81.0 Å². The van der Waals surface area contributed by atoms with Crippen LogP contribution in [-0.4, -0.2) is 28.0 Å². The first-order chi connectivity index (χ1) is 20.7. The number of fused-ring (bicyclic) bond motifs is 1. The van der Waals surface area contributed by atoms with Crippen molar-refractivity contribution in [1.82, 2.24) is 4.57 Å². The van der Waals surface area contributed by atoms with Crippen LogP contribution in [0.15, 0.2) is 53.3 Å². The van der Waals surface area contributed by atoms with E-state index in [1.54, 1.807) is 25.1 Å². The minimum Gasteiger partial charge on any atom is -0.462 e. The smallest absolute Gasteiger partial charge is 0.341 e. The molecule has 2 heterocycles. The maximum atomic E-state index is 13.7. The Balaban J connectivity index is 1.67. The van der Waals surface area contributed by atoms with Crippen LogP contribution in [0.25, 0.3) is 17.3 Å². The SMILES string of the molecule is CCOC(=O)c1c(NC(=O)/C(C#N)=c2/s/c(=C/c3ccc([N+](=O)[O-])cc3)c(=O)n2-c2ccc(C)cc2)sc2c1CCCC2. The number of esters is 1. The quantitative estimate of drug-likeness (QED) is 0.185. The Morgan fingerprint density at radius 1 is 1.12 bits per heavy atom. The number of nitriles is 1. The molecule has 0 atom stereocenters. The largest absolute Gasteiger partial charge is 0.462 e. The lowest BCUT2D eigenvalue weighted by Gasteiger charge is -2.12. The molecule has 1 aliphatic rings. The predicted octanol–water partition coefficient (Wildman–Crippen LogP) is 4.37. The summed E-state index contributed by atoms with van der Waals surface area (Å²) in [5.74, 6) is -1.28. The molecule has 5 rings (SSSR count). The number of anilines is 1. The third kappa shape index (κ3) is 6.04. The molecule has 1 N–H and O–H groups in total. The number of aromatic nitrogens is 1. The molecule has 1 amide bonds. The van der Waals surface area contributed by atoms with Crippen LogP contribution in [0.1, 0.15) is 51.7 Å². The fraction of sp³-hybridized carbons (Fsp3) is 0.226. The Bertz CT molecular complexity index is 1960. The van der Waals surface area contributed by atoms with Crippen LogP contribution in [0.5, 0.6) is 0 Å². The zero-order valence-corrected chi connectivity index (χ0v) is 25.0. The van der Waals surface area contributed by atoms with Crippen LogP contribution in [0.4, 0.5) is 10.7 Å². The average Bonchev–Trinajstić information content (AvgIpc) is 3.51. The molecule has 0 saturated carbocycles. The van der Waals surface area contributed by atoms with E-state index in [-0.39, 0.29) is 27.1 Å². The van der Waals surface area contributed by atoms with Crippen molar-refractivity contribution in [2.24, 2.45) is 0 Å². The number of ether oxygens (including phenoxy) is 1. The molecule has 10 nitrogen and oxygen atoms in total. The highest BCUT2D eigenvalue weighted by Gasteiger charge is 2.28. The fourth-order valence-electron chi connectivity index (χ4n) is 4.86. The first-order valence-electron chi connectivity index (χ1n) is 13.5. The summed E-state index contributed by atoms with van der Waals surface area (Å²) in [6.07, 6.45) is 4.95. The molecule has 0 saturated heterocycles. The number of hydrogen-bond acceptors (Lipinski definition) is 9. The van der Waals surface area contributed by atoms with Crippen LogP contribution in [0.3, 0.4) is 0 Å². The summed E-state index contributed by atoms with van der Waals surface area (Å²) >= 11 is 2.27. The van der Waals surface area contributed by atoms with Gasteiger partial charge in [0, 0.05) is 17.0 Å². The van der Waals surface area contributed by atoms with Gasteiger partial charge in [0.1, 0.15) is 15.7 Å². The van der Waals surface area contributed by atoms with Crippen molar-refractivity contribution in [3.63, 3.8) is 0 Å². The molecular weight excluding hydrogens is 588 g/mol. The number of nitro benzene ring substituents is 1. The number of carbonyl (C=O) groups is 2. The third-order valence-electron chi connectivity index (χ3n) is 6.95. The number of nitrogens with zero attached hydrogens (tertiary/aromatic N) is 3. The van der Waals surface area contributed by atoms with Gasteiger partial charge in [-0.25, -0.2) is 4.79 Å². The highest BCUT2D eigenvalue weighted by molar-refractivity contribution is 7.17. The monoisotopic (exact) mass is 614 g/mol. The number of hydrogen-bond donors (Lipinski definition) is 1.